The predicted octanol–water partition coefficient (Wildman–Crippen LogP) is 0.925. The van der Waals surface area contributed by atoms with Gasteiger partial charge in [0.05, 0.1) is 18.3 Å². The fourth-order valence-electron chi connectivity index (χ4n) is 2.72. The number of amides is 1. The lowest BCUT2D eigenvalue weighted by Gasteiger charge is -2.32. The number of hydrogen-bond acceptors (Lipinski definition) is 3. The third kappa shape index (κ3) is 2.67. The molecular weight excluding hydrogens is 242 g/mol. The van der Waals surface area contributed by atoms with Gasteiger partial charge < -0.3 is 19.9 Å². The molecule has 0 aliphatic carbocycles. The first kappa shape index (κ1) is 14.1. The molecule has 0 spiro atoms. The highest BCUT2D eigenvalue weighted by molar-refractivity contribution is 5.95. The molecule has 1 fully saturated rings. The van der Waals surface area contributed by atoms with E-state index in [1.807, 2.05) is 24.8 Å². The highest BCUT2D eigenvalue weighted by Gasteiger charge is 2.26. The van der Waals surface area contributed by atoms with E-state index >= 15 is 0 Å². The third-order valence-corrected chi connectivity index (χ3v) is 3.81. The van der Waals surface area contributed by atoms with E-state index in [0.717, 1.165) is 23.5 Å². The van der Waals surface area contributed by atoms with Crippen LogP contribution in [0.15, 0.2) is 6.07 Å². The fourth-order valence-corrected chi connectivity index (χ4v) is 2.72. The molecule has 5 heteroatoms. The molecule has 1 aliphatic rings. The molecule has 0 bridgehead atoms. The Labute approximate surface area is 114 Å². The van der Waals surface area contributed by atoms with Crippen molar-refractivity contribution in [1.29, 1.82) is 0 Å². The van der Waals surface area contributed by atoms with E-state index < -0.39 is 0 Å². The molecule has 1 aromatic heterocycles. The van der Waals surface area contributed by atoms with Crippen LogP contribution in [0.3, 0.4) is 0 Å². The Morgan fingerprint density at radius 2 is 2.26 bits per heavy atom. The molecule has 1 aromatic rings. The van der Waals surface area contributed by atoms with Crippen LogP contribution in [-0.4, -0.2) is 47.7 Å². The molecule has 19 heavy (non-hydrogen) atoms. The van der Waals surface area contributed by atoms with Gasteiger partial charge in [-0.3, -0.25) is 4.79 Å². The molecule has 1 atom stereocenters. The molecule has 1 saturated heterocycles. The number of aromatic nitrogens is 1. The predicted molar refractivity (Wildman–Crippen MR) is 74.3 cm³/mol. The second-order valence-corrected chi connectivity index (χ2v) is 5.01. The molecule has 0 radical (unpaired) electrons. The zero-order chi connectivity index (χ0) is 14.0. The van der Waals surface area contributed by atoms with Crippen LogP contribution in [0, 0.1) is 13.8 Å². The Bertz CT molecular complexity index is 468. The number of rotatable bonds is 3. The summed E-state index contributed by atoms with van der Waals surface area (Å²) in [6, 6.07) is 1.98. The maximum atomic E-state index is 12.6. The van der Waals surface area contributed by atoms with E-state index in [4.69, 9.17) is 10.5 Å². The van der Waals surface area contributed by atoms with Gasteiger partial charge in [0.2, 0.25) is 0 Å². The summed E-state index contributed by atoms with van der Waals surface area (Å²) in [5.41, 5.74) is 8.59. The van der Waals surface area contributed by atoms with E-state index in [-0.39, 0.29) is 12.0 Å². The maximum Gasteiger partial charge on any atom is 0.255 e. The van der Waals surface area contributed by atoms with Crippen LogP contribution in [0.1, 0.15) is 28.7 Å². The molecule has 1 unspecified atom stereocenters. The van der Waals surface area contributed by atoms with Gasteiger partial charge in [0.25, 0.3) is 5.91 Å². The number of nitrogens with two attached hydrogens (primary N) is 1. The largest absolute Gasteiger partial charge is 0.373 e. The summed E-state index contributed by atoms with van der Waals surface area (Å²) in [5, 5.41) is 0. The Kier molecular flexibility index (Phi) is 4.27. The fraction of sp³-hybridized carbons (Fsp3) is 0.643. The van der Waals surface area contributed by atoms with Gasteiger partial charge in [-0.2, -0.15) is 0 Å². The number of carbonyl (C=O) groups excluding carboxylic acids is 1. The van der Waals surface area contributed by atoms with Crippen molar-refractivity contribution in [2.75, 3.05) is 26.2 Å². The Morgan fingerprint density at radius 3 is 2.84 bits per heavy atom. The summed E-state index contributed by atoms with van der Waals surface area (Å²) < 4.78 is 7.66. The van der Waals surface area contributed by atoms with Crippen LogP contribution in [0.25, 0.3) is 0 Å². The van der Waals surface area contributed by atoms with Crippen molar-refractivity contribution < 1.29 is 9.53 Å². The van der Waals surface area contributed by atoms with Gasteiger partial charge >= 0.3 is 0 Å². The van der Waals surface area contributed by atoms with Gasteiger partial charge in [-0.1, -0.05) is 0 Å². The number of hydrogen-bond donors (Lipinski definition) is 1. The van der Waals surface area contributed by atoms with Crippen LogP contribution in [0.2, 0.25) is 0 Å². The minimum atomic E-state index is -0.0348. The first-order valence-corrected chi connectivity index (χ1v) is 6.86. The molecule has 1 aliphatic heterocycles. The number of morpholine rings is 1. The minimum absolute atomic E-state index is 0.0348. The topological polar surface area (TPSA) is 60.5 Å². The van der Waals surface area contributed by atoms with E-state index in [9.17, 15) is 4.79 Å². The summed E-state index contributed by atoms with van der Waals surface area (Å²) in [7, 11) is 0. The zero-order valence-corrected chi connectivity index (χ0v) is 12.0. The normalized spacial score (nSPS) is 19.8. The van der Waals surface area contributed by atoms with Crippen LogP contribution < -0.4 is 5.73 Å². The zero-order valence-electron chi connectivity index (χ0n) is 12.0. The van der Waals surface area contributed by atoms with Gasteiger partial charge in [0.15, 0.2) is 0 Å². The second-order valence-electron chi connectivity index (χ2n) is 5.01. The quantitative estimate of drug-likeness (QED) is 0.884. The molecule has 2 rings (SSSR count). The average molecular weight is 265 g/mol. The Balaban J connectivity index is 2.19. The van der Waals surface area contributed by atoms with E-state index in [1.165, 1.54) is 0 Å². The van der Waals surface area contributed by atoms with Crippen molar-refractivity contribution in [3.63, 3.8) is 0 Å². The van der Waals surface area contributed by atoms with Crippen LogP contribution >= 0.6 is 0 Å². The van der Waals surface area contributed by atoms with Crippen molar-refractivity contribution in [3.8, 4) is 0 Å². The highest BCUT2D eigenvalue weighted by Crippen LogP contribution is 2.18. The lowest BCUT2D eigenvalue weighted by molar-refractivity contribution is -0.0167. The lowest BCUT2D eigenvalue weighted by atomic mass is 10.2. The number of ether oxygens (including phenoxy) is 1. The van der Waals surface area contributed by atoms with Gasteiger partial charge in [-0.05, 0) is 26.8 Å². The molecule has 1 amide bonds. The second kappa shape index (κ2) is 5.75. The average Bonchev–Trinajstić information content (AvgIpc) is 2.72. The summed E-state index contributed by atoms with van der Waals surface area (Å²) in [4.78, 5) is 14.4. The minimum Gasteiger partial charge on any atom is -0.373 e. The Hall–Kier alpha value is -1.33. The number of aryl methyl sites for hydroxylation is 1. The van der Waals surface area contributed by atoms with Crippen molar-refractivity contribution in [2.24, 2.45) is 5.73 Å². The van der Waals surface area contributed by atoms with Crippen LogP contribution in [0.5, 0.6) is 0 Å². The van der Waals surface area contributed by atoms with Crippen molar-refractivity contribution in [1.82, 2.24) is 9.47 Å². The third-order valence-electron chi connectivity index (χ3n) is 3.81. The molecule has 0 aromatic carbocycles. The first-order chi connectivity index (χ1) is 9.08. The smallest absolute Gasteiger partial charge is 0.255 e. The van der Waals surface area contributed by atoms with Crippen molar-refractivity contribution in [2.45, 2.75) is 33.4 Å². The summed E-state index contributed by atoms with van der Waals surface area (Å²) >= 11 is 0. The molecule has 106 valence electrons. The van der Waals surface area contributed by atoms with Crippen molar-refractivity contribution >= 4 is 5.91 Å². The highest BCUT2D eigenvalue weighted by atomic mass is 16.5. The standard InChI is InChI=1S/C14H23N3O2/c1-4-17-10(2)7-13(11(17)3)14(18)16-5-6-19-12(8-15)9-16/h7,12H,4-6,8-9,15H2,1-3H3. The van der Waals surface area contributed by atoms with E-state index in [0.29, 0.717) is 26.2 Å². The molecular formula is C14H23N3O2. The number of nitrogens with zero attached hydrogens (tertiary/aromatic N) is 2. The lowest BCUT2D eigenvalue weighted by Crippen LogP contribution is -2.48. The summed E-state index contributed by atoms with van der Waals surface area (Å²) in [6.07, 6.45) is -0.0348. The van der Waals surface area contributed by atoms with Gasteiger partial charge in [-0.25, -0.2) is 0 Å². The van der Waals surface area contributed by atoms with Gasteiger partial charge in [0.1, 0.15) is 0 Å². The van der Waals surface area contributed by atoms with Crippen LogP contribution in [-0.2, 0) is 11.3 Å². The molecule has 2 heterocycles. The molecule has 0 saturated carbocycles. The van der Waals surface area contributed by atoms with Crippen molar-refractivity contribution in [3.05, 3.63) is 23.0 Å². The van der Waals surface area contributed by atoms with Gasteiger partial charge in [0, 0.05) is 37.6 Å². The maximum absolute atomic E-state index is 12.6. The SMILES string of the molecule is CCn1c(C)cc(C(=O)N2CCOC(CN)C2)c1C. The number of carbonyl (C=O) groups is 1. The van der Waals surface area contributed by atoms with E-state index in [1.54, 1.807) is 0 Å². The molecule has 2 N–H and O–H groups in total. The molecule has 5 nitrogen and oxygen atoms in total. The van der Waals surface area contributed by atoms with Crippen LogP contribution in [0.4, 0.5) is 0 Å². The van der Waals surface area contributed by atoms with Gasteiger partial charge in [-0.15, -0.1) is 0 Å². The van der Waals surface area contributed by atoms with E-state index in [2.05, 4.69) is 11.5 Å². The summed E-state index contributed by atoms with van der Waals surface area (Å²) in [6.45, 7) is 9.28. The first-order valence-electron chi connectivity index (χ1n) is 6.86. The summed E-state index contributed by atoms with van der Waals surface area (Å²) in [5.74, 6) is 0.0922. The Morgan fingerprint density at radius 1 is 1.53 bits per heavy atom. The monoisotopic (exact) mass is 265 g/mol.